The molecule has 2 N–H and O–H groups in total. The summed E-state index contributed by atoms with van der Waals surface area (Å²) in [5.74, 6) is 0. The summed E-state index contributed by atoms with van der Waals surface area (Å²) in [6.45, 7) is 1.29. The number of hydrogen-bond acceptors (Lipinski definition) is 2. The van der Waals surface area contributed by atoms with Gasteiger partial charge in [-0.25, -0.2) is 0 Å². The fourth-order valence-electron chi connectivity index (χ4n) is 2.05. The molecule has 18 heavy (non-hydrogen) atoms. The lowest BCUT2D eigenvalue weighted by atomic mass is 10.1. The average molecular weight is 261 g/mol. The molecule has 0 aliphatic carbocycles. The van der Waals surface area contributed by atoms with E-state index >= 15 is 0 Å². The summed E-state index contributed by atoms with van der Waals surface area (Å²) in [6.07, 6.45) is 0. The van der Waals surface area contributed by atoms with E-state index in [1.54, 1.807) is 0 Å². The van der Waals surface area contributed by atoms with Crippen LogP contribution in [0.4, 0.5) is 5.69 Å². The smallest absolute Gasteiger partial charge is 0.0471 e. The van der Waals surface area contributed by atoms with E-state index in [4.69, 9.17) is 17.3 Å². The van der Waals surface area contributed by atoms with Gasteiger partial charge >= 0.3 is 0 Å². The average Bonchev–Trinajstić information content (AvgIpc) is 2.39. The van der Waals surface area contributed by atoms with Crippen LogP contribution in [0.1, 0.15) is 11.1 Å². The minimum Gasteiger partial charge on any atom is -0.370 e. The number of nitrogens with zero attached hydrogens (tertiary/aromatic N) is 1. The summed E-state index contributed by atoms with van der Waals surface area (Å²) in [7, 11) is 2.05. The molecule has 2 nitrogen and oxygen atoms in total. The third-order valence-electron chi connectivity index (χ3n) is 2.97. The Kier molecular flexibility index (Phi) is 4.24. The molecule has 94 valence electrons. The number of rotatable bonds is 4. The lowest BCUT2D eigenvalue weighted by Crippen LogP contribution is -2.19. The van der Waals surface area contributed by atoms with Crippen LogP contribution in [0.15, 0.2) is 48.5 Å². The number of anilines is 1. The van der Waals surface area contributed by atoms with Crippen LogP contribution in [-0.4, -0.2) is 7.05 Å². The molecule has 0 amide bonds. The van der Waals surface area contributed by atoms with Crippen molar-refractivity contribution in [3.05, 3.63) is 64.7 Å². The summed E-state index contributed by atoms with van der Waals surface area (Å²) in [6, 6.07) is 16.2. The highest BCUT2D eigenvalue weighted by Gasteiger charge is 2.09. The van der Waals surface area contributed by atoms with Crippen molar-refractivity contribution in [1.29, 1.82) is 0 Å². The molecule has 0 aliphatic heterocycles. The molecule has 0 aliphatic rings. The topological polar surface area (TPSA) is 29.3 Å². The molecule has 0 radical (unpaired) electrons. The van der Waals surface area contributed by atoms with E-state index in [1.165, 1.54) is 5.56 Å². The van der Waals surface area contributed by atoms with Crippen molar-refractivity contribution in [2.75, 3.05) is 11.9 Å². The Bertz CT molecular complexity index is 511. The molecule has 2 rings (SSSR count). The number of benzene rings is 2. The minimum atomic E-state index is 0.453. The second-order valence-electron chi connectivity index (χ2n) is 4.28. The van der Waals surface area contributed by atoms with Crippen LogP contribution in [0.25, 0.3) is 0 Å². The number of halogens is 1. The van der Waals surface area contributed by atoms with Crippen molar-refractivity contribution in [2.24, 2.45) is 5.73 Å². The van der Waals surface area contributed by atoms with Gasteiger partial charge in [-0.3, -0.25) is 0 Å². The SMILES string of the molecule is CN(Cc1ccccc1)c1cccc(Cl)c1CN. The second-order valence-corrected chi connectivity index (χ2v) is 4.69. The quantitative estimate of drug-likeness (QED) is 0.913. The summed E-state index contributed by atoms with van der Waals surface area (Å²) in [4.78, 5) is 2.17. The number of nitrogens with two attached hydrogens (primary N) is 1. The van der Waals surface area contributed by atoms with Crippen molar-refractivity contribution >= 4 is 17.3 Å². The highest BCUT2D eigenvalue weighted by Crippen LogP contribution is 2.27. The molecule has 0 atom stereocenters. The summed E-state index contributed by atoms with van der Waals surface area (Å²) < 4.78 is 0. The first kappa shape index (κ1) is 12.9. The third kappa shape index (κ3) is 2.84. The third-order valence-corrected chi connectivity index (χ3v) is 3.33. The predicted octanol–water partition coefficient (Wildman–Crippen LogP) is 3.44. The molecular weight excluding hydrogens is 244 g/mol. The van der Waals surface area contributed by atoms with E-state index in [2.05, 4.69) is 30.1 Å². The first-order valence-corrected chi connectivity index (χ1v) is 6.32. The van der Waals surface area contributed by atoms with E-state index in [0.717, 1.165) is 22.8 Å². The fourth-order valence-corrected chi connectivity index (χ4v) is 2.30. The van der Waals surface area contributed by atoms with Crippen molar-refractivity contribution in [3.63, 3.8) is 0 Å². The van der Waals surface area contributed by atoms with Gasteiger partial charge in [0.2, 0.25) is 0 Å². The lowest BCUT2D eigenvalue weighted by Gasteiger charge is -2.23. The van der Waals surface area contributed by atoms with E-state index in [-0.39, 0.29) is 0 Å². The molecule has 0 aromatic heterocycles. The Morgan fingerprint density at radius 2 is 1.78 bits per heavy atom. The Hall–Kier alpha value is -1.51. The van der Waals surface area contributed by atoms with Gasteiger partial charge in [0.15, 0.2) is 0 Å². The van der Waals surface area contributed by atoms with Gasteiger partial charge in [0.05, 0.1) is 0 Å². The minimum absolute atomic E-state index is 0.453. The van der Waals surface area contributed by atoms with Gasteiger partial charge < -0.3 is 10.6 Å². The number of hydrogen-bond donors (Lipinski definition) is 1. The van der Waals surface area contributed by atoms with Crippen LogP contribution in [0.3, 0.4) is 0 Å². The van der Waals surface area contributed by atoms with Crippen LogP contribution in [0.2, 0.25) is 5.02 Å². The summed E-state index contributed by atoms with van der Waals surface area (Å²) in [5.41, 5.74) is 9.13. The lowest BCUT2D eigenvalue weighted by molar-refractivity contribution is 0.904. The van der Waals surface area contributed by atoms with Gasteiger partial charge in [0, 0.05) is 36.4 Å². The molecule has 2 aromatic carbocycles. The van der Waals surface area contributed by atoms with Crippen molar-refractivity contribution in [2.45, 2.75) is 13.1 Å². The summed E-state index contributed by atoms with van der Waals surface area (Å²) >= 11 is 6.17. The maximum atomic E-state index is 6.17. The maximum Gasteiger partial charge on any atom is 0.0471 e. The molecular formula is C15H17ClN2. The highest BCUT2D eigenvalue weighted by atomic mass is 35.5. The fraction of sp³-hybridized carbons (Fsp3) is 0.200. The van der Waals surface area contributed by atoms with Gasteiger partial charge in [0.1, 0.15) is 0 Å². The second kappa shape index (κ2) is 5.89. The van der Waals surface area contributed by atoms with Crippen molar-refractivity contribution in [3.8, 4) is 0 Å². The van der Waals surface area contributed by atoms with Crippen LogP contribution in [0.5, 0.6) is 0 Å². The molecule has 0 saturated heterocycles. The van der Waals surface area contributed by atoms with Crippen LogP contribution in [0, 0.1) is 0 Å². The zero-order valence-corrected chi connectivity index (χ0v) is 11.2. The van der Waals surface area contributed by atoms with E-state index in [1.807, 2.05) is 30.3 Å². The summed E-state index contributed by atoms with van der Waals surface area (Å²) in [5, 5.41) is 0.731. The van der Waals surface area contributed by atoms with Gasteiger partial charge in [0.25, 0.3) is 0 Å². The standard InChI is InChI=1S/C15H17ClN2/c1-18(11-12-6-3-2-4-7-12)15-9-5-8-14(16)13(15)10-17/h2-9H,10-11,17H2,1H3. The predicted molar refractivity (Wildman–Crippen MR) is 77.9 cm³/mol. The van der Waals surface area contributed by atoms with E-state index in [0.29, 0.717) is 6.54 Å². The largest absolute Gasteiger partial charge is 0.370 e. The zero-order valence-electron chi connectivity index (χ0n) is 10.4. The van der Waals surface area contributed by atoms with Gasteiger partial charge in [-0.15, -0.1) is 0 Å². The Morgan fingerprint density at radius 3 is 2.44 bits per heavy atom. The molecule has 0 unspecified atom stereocenters. The Morgan fingerprint density at radius 1 is 1.06 bits per heavy atom. The zero-order chi connectivity index (χ0) is 13.0. The van der Waals surface area contributed by atoms with Crippen LogP contribution < -0.4 is 10.6 Å². The monoisotopic (exact) mass is 260 g/mol. The maximum absolute atomic E-state index is 6.17. The van der Waals surface area contributed by atoms with Gasteiger partial charge in [-0.2, -0.15) is 0 Å². The molecule has 0 saturated carbocycles. The first-order valence-electron chi connectivity index (χ1n) is 5.95. The molecule has 0 spiro atoms. The van der Waals surface area contributed by atoms with Gasteiger partial charge in [-0.05, 0) is 17.7 Å². The van der Waals surface area contributed by atoms with Crippen molar-refractivity contribution < 1.29 is 0 Å². The van der Waals surface area contributed by atoms with E-state index < -0.39 is 0 Å². The Balaban J connectivity index is 2.24. The Labute approximate surface area is 113 Å². The normalized spacial score (nSPS) is 10.4. The van der Waals surface area contributed by atoms with Gasteiger partial charge in [-0.1, -0.05) is 48.0 Å². The highest BCUT2D eigenvalue weighted by molar-refractivity contribution is 6.31. The molecule has 3 heteroatoms. The molecule has 0 bridgehead atoms. The molecule has 2 aromatic rings. The van der Waals surface area contributed by atoms with E-state index in [9.17, 15) is 0 Å². The van der Waals surface area contributed by atoms with Crippen LogP contribution in [-0.2, 0) is 13.1 Å². The molecule has 0 fully saturated rings. The van der Waals surface area contributed by atoms with Crippen molar-refractivity contribution in [1.82, 2.24) is 0 Å². The van der Waals surface area contributed by atoms with Crippen LogP contribution >= 0.6 is 11.6 Å². The molecule has 0 heterocycles. The first-order chi connectivity index (χ1) is 8.72.